The van der Waals surface area contributed by atoms with E-state index in [1.54, 1.807) is 0 Å². The van der Waals surface area contributed by atoms with Gasteiger partial charge in [-0.25, -0.2) is 0 Å². The van der Waals surface area contributed by atoms with Crippen LogP contribution in [0.3, 0.4) is 0 Å². The number of hydrogen-bond acceptors (Lipinski definition) is 3. The maximum absolute atomic E-state index is 12.7. The minimum Gasteiger partial charge on any atom is -0.325 e. The van der Waals surface area contributed by atoms with Gasteiger partial charge in [0.15, 0.2) is 0 Å². The number of carbonyl (C=O) groups is 1. The molecule has 6 nitrogen and oxygen atoms in total. The summed E-state index contributed by atoms with van der Waals surface area (Å²) in [6, 6.07) is 13.4. The van der Waals surface area contributed by atoms with E-state index in [4.69, 9.17) is 0 Å². The molecule has 27 heavy (non-hydrogen) atoms. The van der Waals surface area contributed by atoms with Crippen molar-refractivity contribution in [2.45, 2.75) is 27.3 Å². The topological polar surface area (TPSA) is 69.7 Å². The lowest BCUT2D eigenvalue weighted by Crippen LogP contribution is -2.37. The summed E-state index contributed by atoms with van der Waals surface area (Å²) in [4.78, 5) is 12.3. The highest BCUT2D eigenvalue weighted by atomic mass is 32.2. The lowest BCUT2D eigenvalue weighted by Gasteiger charge is -2.18. The van der Waals surface area contributed by atoms with Crippen LogP contribution >= 0.6 is 0 Å². The van der Waals surface area contributed by atoms with Crippen LogP contribution in [0.2, 0.25) is 0 Å². The molecule has 1 amide bonds. The smallest absolute Gasteiger partial charge is 0.282 e. The number of hydrogen-bond donors (Lipinski definition) is 1. The Balaban J connectivity index is 1.63. The van der Waals surface area contributed by atoms with Crippen LogP contribution in [0.4, 0.5) is 5.69 Å². The Morgan fingerprint density at radius 3 is 2.44 bits per heavy atom. The van der Waals surface area contributed by atoms with E-state index in [9.17, 15) is 13.2 Å². The Kier molecular flexibility index (Phi) is 5.64. The van der Waals surface area contributed by atoms with Gasteiger partial charge in [-0.3, -0.25) is 4.79 Å². The zero-order valence-electron chi connectivity index (χ0n) is 15.9. The van der Waals surface area contributed by atoms with Gasteiger partial charge < -0.3 is 5.32 Å². The van der Waals surface area contributed by atoms with Crippen molar-refractivity contribution >= 4 is 21.8 Å². The molecule has 1 aliphatic heterocycles. The van der Waals surface area contributed by atoms with Gasteiger partial charge in [0.2, 0.25) is 5.91 Å². The van der Waals surface area contributed by atoms with Gasteiger partial charge >= 0.3 is 0 Å². The molecule has 3 rings (SSSR count). The van der Waals surface area contributed by atoms with Gasteiger partial charge in [0.25, 0.3) is 10.2 Å². The molecule has 0 spiro atoms. The molecule has 0 aromatic heterocycles. The summed E-state index contributed by atoms with van der Waals surface area (Å²) < 4.78 is 28.1. The van der Waals surface area contributed by atoms with Gasteiger partial charge in [-0.05, 0) is 49.6 Å². The van der Waals surface area contributed by atoms with Crippen LogP contribution < -0.4 is 5.32 Å². The van der Waals surface area contributed by atoms with E-state index in [-0.39, 0.29) is 12.5 Å². The van der Waals surface area contributed by atoms with Crippen LogP contribution in [0.1, 0.15) is 22.3 Å². The average Bonchev–Trinajstić information content (AvgIpc) is 2.86. The fourth-order valence-corrected chi connectivity index (χ4v) is 4.68. The number of nitrogens with one attached hydrogen (secondary N) is 1. The first-order valence-corrected chi connectivity index (χ1v) is 10.3. The minimum absolute atomic E-state index is 0.181. The summed E-state index contributed by atoms with van der Waals surface area (Å²) in [5, 5.41) is 2.78. The second-order valence-corrected chi connectivity index (χ2v) is 8.94. The molecule has 0 aliphatic carbocycles. The predicted octanol–water partition coefficient (Wildman–Crippen LogP) is 2.61. The molecule has 1 aliphatic rings. The van der Waals surface area contributed by atoms with E-state index in [1.165, 1.54) is 8.61 Å². The molecule has 2 aromatic rings. The molecular weight excluding hydrogens is 362 g/mol. The molecule has 144 valence electrons. The number of amides is 1. The van der Waals surface area contributed by atoms with Crippen molar-refractivity contribution in [1.29, 1.82) is 0 Å². The quantitative estimate of drug-likeness (QED) is 0.857. The molecule has 0 radical (unpaired) electrons. The van der Waals surface area contributed by atoms with Crippen molar-refractivity contribution in [1.82, 2.24) is 8.61 Å². The number of aryl methyl sites for hydroxylation is 3. The summed E-state index contributed by atoms with van der Waals surface area (Å²) in [7, 11) is -3.64. The molecule has 0 saturated carbocycles. The van der Waals surface area contributed by atoms with Crippen molar-refractivity contribution in [2.75, 3.05) is 25.0 Å². The minimum atomic E-state index is -3.64. The molecule has 0 bridgehead atoms. The Labute approximate surface area is 161 Å². The number of nitrogens with zero attached hydrogens (tertiary/aromatic N) is 2. The van der Waals surface area contributed by atoms with E-state index in [2.05, 4.69) is 5.32 Å². The van der Waals surface area contributed by atoms with E-state index < -0.39 is 10.2 Å². The molecule has 1 fully saturated rings. The number of anilines is 1. The molecule has 1 heterocycles. The fourth-order valence-electron chi connectivity index (χ4n) is 3.13. The summed E-state index contributed by atoms with van der Waals surface area (Å²) in [5.41, 5.74) is 4.93. The molecular formula is C20H25N3O3S. The standard InChI is InChI=1S/C20H25N3O3S/c1-15-5-4-6-18(11-15)13-22-9-10-23(27(22,25)26)14-20(24)21-19-8-7-16(2)17(3)12-19/h4-8,11-12H,9-10,13-14H2,1-3H3,(H,21,24). The fraction of sp³-hybridized carbons (Fsp3) is 0.350. The SMILES string of the molecule is Cc1cccc(CN2CCN(CC(=O)Nc3ccc(C)c(C)c3)S2(=O)=O)c1. The van der Waals surface area contributed by atoms with Gasteiger partial charge in [-0.15, -0.1) is 0 Å². The number of rotatable bonds is 5. The van der Waals surface area contributed by atoms with Gasteiger partial charge in [0, 0.05) is 25.3 Å². The molecule has 7 heteroatoms. The molecule has 1 N–H and O–H groups in total. The van der Waals surface area contributed by atoms with E-state index >= 15 is 0 Å². The van der Waals surface area contributed by atoms with Gasteiger partial charge in [-0.2, -0.15) is 17.0 Å². The highest BCUT2D eigenvalue weighted by Crippen LogP contribution is 2.20. The third-order valence-corrected chi connectivity index (χ3v) is 6.73. The Morgan fingerprint density at radius 2 is 1.74 bits per heavy atom. The monoisotopic (exact) mass is 387 g/mol. The summed E-state index contributed by atoms with van der Waals surface area (Å²) in [5.74, 6) is -0.334. The average molecular weight is 388 g/mol. The lowest BCUT2D eigenvalue weighted by molar-refractivity contribution is -0.116. The third-order valence-electron chi connectivity index (χ3n) is 4.80. The van der Waals surface area contributed by atoms with Crippen LogP contribution in [0.5, 0.6) is 0 Å². The maximum Gasteiger partial charge on any atom is 0.282 e. The second kappa shape index (κ2) is 7.80. The largest absolute Gasteiger partial charge is 0.325 e. The van der Waals surface area contributed by atoms with Crippen molar-refractivity contribution < 1.29 is 13.2 Å². The van der Waals surface area contributed by atoms with Gasteiger partial charge in [0.1, 0.15) is 0 Å². The lowest BCUT2D eigenvalue weighted by atomic mass is 10.1. The first kappa shape index (κ1) is 19.5. The highest BCUT2D eigenvalue weighted by molar-refractivity contribution is 7.87. The molecule has 2 aromatic carbocycles. The van der Waals surface area contributed by atoms with Crippen molar-refractivity contribution in [3.8, 4) is 0 Å². The van der Waals surface area contributed by atoms with Crippen LogP contribution in [0.25, 0.3) is 0 Å². The zero-order chi connectivity index (χ0) is 19.6. The highest BCUT2D eigenvalue weighted by Gasteiger charge is 2.37. The third kappa shape index (κ3) is 4.55. The van der Waals surface area contributed by atoms with E-state index in [0.717, 1.165) is 22.3 Å². The predicted molar refractivity (Wildman–Crippen MR) is 107 cm³/mol. The Bertz CT molecular complexity index is 957. The maximum atomic E-state index is 12.7. The summed E-state index contributed by atoms with van der Waals surface area (Å²) in [6.45, 7) is 6.78. The normalized spacial score (nSPS) is 17.1. The van der Waals surface area contributed by atoms with Crippen LogP contribution in [-0.4, -0.2) is 42.6 Å². The number of benzene rings is 2. The van der Waals surface area contributed by atoms with Gasteiger partial charge in [0.05, 0.1) is 6.54 Å². The number of carbonyl (C=O) groups excluding carboxylic acids is 1. The van der Waals surface area contributed by atoms with Crippen LogP contribution in [0.15, 0.2) is 42.5 Å². The Morgan fingerprint density at radius 1 is 1.00 bits per heavy atom. The first-order valence-electron chi connectivity index (χ1n) is 8.93. The molecule has 1 saturated heterocycles. The second-order valence-electron chi connectivity index (χ2n) is 7.01. The zero-order valence-corrected chi connectivity index (χ0v) is 16.7. The van der Waals surface area contributed by atoms with Crippen molar-refractivity contribution in [2.24, 2.45) is 0 Å². The van der Waals surface area contributed by atoms with Crippen LogP contribution in [0, 0.1) is 20.8 Å². The molecule has 0 unspecified atom stereocenters. The Hall–Kier alpha value is -2.22. The van der Waals surface area contributed by atoms with Crippen molar-refractivity contribution in [3.05, 3.63) is 64.7 Å². The summed E-state index contributed by atoms with van der Waals surface area (Å²) in [6.07, 6.45) is 0. The van der Waals surface area contributed by atoms with E-state index in [0.29, 0.717) is 25.3 Å². The van der Waals surface area contributed by atoms with Crippen molar-refractivity contribution in [3.63, 3.8) is 0 Å². The molecule has 0 atom stereocenters. The van der Waals surface area contributed by atoms with Gasteiger partial charge in [-0.1, -0.05) is 35.9 Å². The first-order chi connectivity index (χ1) is 12.8. The van der Waals surface area contributed by atoms with Crippen LogP contribution in [-0.2, 0) is 21.5 Å². The van der Waals surface area contributed by atoms with E-state index in [1.807, 2.05) is 63.2 Å². The summed E-state index contributed by atoms with van der Waals surface area (Å²) >= 11 is 0.